The van der Waals surface area contributed by atoms with Gasteiger partial charge in [0.25, 0.3) is 0 Å². The summed E-state index contributed by atoms with van der Waals surface area (Å²) < 4.78 is 40.1. The van der Waals surface area contributed by atoms with Gasteiger partial charge in [-0.3, -0.25) is 9.59 Å². The lowest BCUT2D eigenvalue weighted by Crippen LogP contribution is -2.45. The van der Waals surface area contributed by atoms with Crippen LogP contribution in [0.2, 0.25) is 0 Å². The number of carbonyl (C=O) groups excluding carboxylic acids is 2. The Kier molecular flexibility index (Phi) is 7.23. The number of aromatic nitrogens is 2. The maximum atomic E-state index is 12.7. The molecule has 0 saturated carbocycles. The Balaban J connectivity index is 1.38. The van der Waals surface area contributed by atoms with Gasteiger partial charge in [0.1, 0.15) is 0 Å². The van der Waals surface area contributed by atoms with Crippen LogP contribution < -0.4 is 10.2 Å². The number of hydrogen-bond donors (Lipinski definition) is 1. The number of hydrogen-bond acceptors (Lipinski definition) is 4. The first-order chi connectivity index (χ1) is 17.0. The minimum atomic E-state index is -4.37. The van der Waals surface area contributed by atoms with Crippen LogP contribution in [0.25, 0.3) is 11.0 Å². The standard InChI is InChI=1S/C26H30F3N5O2/c1-17(35)34-14-12-21(13-15-34)32(2)25-31-22-10-9-20(16-23(22)33(25)3)30-24(36)11-6-18-4-7-19(8-5-18)26(27,28)29/h4-5,7-10,16,21H,6,11-15H2,1-3H3,(H,30,36). The quantitative estimate of drug-likeness (QED) is 0.536. The van der Waals surface area contributed by atoms with Crippen molar-refractivity contribution in [3.8, 4) is 0 Å². The van der Waals surface area contributed by atoms with Crippen LogP contribution in [0.15, 0.2) is 42.5 Å². The van der Waals surface area contributed by atoms with Crippen molar-refractivity contribution < 1.29 is 22.8 Å². The summed E-state index contributed by atoms with van der Waals surface area (Å²) >= 11 is 0. The van der Waals surface area contributed by atoms with Crippen molar-refractivity contribution in [2.75, 3.05) is 30.4 Å². The molecule has 1 aliphatic heterocycles. The molecule has 0 atom stereocenters. The number of carbonyl (C=O) groups is 2. The number of imidazole rings is 1. The second-order valence-electron chi connectivity index (χ2n) is 9.27. The molecule has 7 nitrogen and oxygen atoms in total. The predicted molar refractivity (Wildman–Crippen MR) is 133 cm³/mol. The highest BCUT2D eigenvalue weighted by Crippen LogP contribution is 2.30. The van der Waals surface area contributed by atoms with E-state index in [0.29, 0.717) is 17.7 Å². The minimum Gasteiger partial charge on any atom is -0.343 e. The molecule has 1 saturated heterocycles. The summed E-state index contributed by atoms with van der Waals surface area (Å²) in [5.74, 6) is 0.704. The fourth-order valence-corrected chi connectivity index (χ4v) is 4.64. The van der Waals surface area contributed by atoms with Crippen LogP contribution in [0.1, 0.15) is 37.3 Å². The van der Waals surface area contributed by atoms with E-state index in [1.807, 2.05) is 35.7 Å². The molecule has 1 fully saturated rings. The zero-order valence-electron chi connectivity index (χ0n) is 20.6. The maximum absolute atomic E-state index is 12.7. The van der Waals surface area contributed by atoms with Crippen molar-refractivity contribution in [1.82, 2.24) is 14.5 Å². The van der Waals surface area contributed by atoms with Gasteiger partial charge < -0.3 is 19.7 Å². The highest BCUT2D eigenvalue weighted by molar-refractivity contribution is 5.93. The average molecular weight is 502 g/mol. The second kappa shape index (κ2) is 10.2. The molecule has 0 aliphatic carbocycles. The Morgan fingerprint density at radius 1 is 1.11 bits per heavy atom. The molecule has 2 heterocycles. The van der Waals surface area contributed by atoms with Crippen molar-refractivity contribution in [3.05, 3.63) is 53.6 Å². The molecule has 192 valence electrons. The summed E-state index contributed by atoms with van der Waals surface area (Å²) in [7, 11) is 3.95. The van der Waals surface area contributed by atoms with E-state index in [-0.39, 0.29) is 24.3 Å². The molecule has 36 heavy (non-hydrogen) atoms. The van der Waals surface area contributed by atoms with Crippen LogP contribution in [0.5, 0.6) is 0 Å². The average Bonchev–Trinajstić information content (AvgIpc) is 3.18. The van der Waals surface area contributed by atoms with Crippen LogP contribution in [0.3, 0.4) is 0 Å². The molecule has 1 aliphatic rings. The van der Waals surface area contributed by atoms with E-state index in [2.05, 4.69) is 10.2 Å². The Morgan fingerprint density at radius 2 is 1.78 bits per heavy atom. The number of fused-ring (bicyclic) bond motifs is 1. The number of halogens is 3. The van der Waals surface area contributed by atoms with E-state index in [1.165, 1.54) is 12.1 Å². The third kappa shape index (κ3) is 5.63. The van der Waals surface area contributed by atoms with E-state index in [9.17, 15) is 22.8 Å². The minimum absolute atomic E-state index is 0.104. The molecule has 2 amide bonds. The molecule has 2 aromatic carbocycles. The number of nitrogens with zero attached hydrogens (tertiary/aromatic N) is 4. The summed E-state index contributed by atoms with van der Waals surface area (Å²) in [5.41, 5.74) is 2.28. The Hall–Kier alpha value is -3.56. The predicted octanol–water partition coefficient (Wildman–Crippen LogP) is 4.61. The van der Waals surface area contributed by atoms with E-state index in [4.69, 9.17) is 4.98 Å². The van der Waals surface area contributed by atoms with Crippen LogP contribution in [0, 0.1) is 0 Å². The number of likely N-dealkylation sites (tertiary alicyclic amines) is 1. The third-order valence-corrected chi connectivity index (χ3v) is 6.84. The molecule has 10 heteroatoms. The van der Waals surface area contributed by atoms with Crippen LogP contribution >= 0.6 is 0 Å². The topological polar surface area (TPSA) is 70.5 Å². The summed E-state index contributed by atoms with van der Waals surface area (Å²) in [6, 6.07) is 10.7. The highest BCUT2D eigenvalue weighted by atomic mass is 19.4. The number of aryl methyl sites for hydroxylation is 2. The zero-order valence-corrected chi connectivity index (χ0v) is 20.6. The lowest BCUT2D eigenvalue weighted by Gasteiger charge is -2.36. The number of benzene rings is 2. The van der Waals surface area contributed by atoms with E-state index >= 15 is 0 Å². The number of alkyl halides is 3. The van der Waals surface area contributed by atoms with Gasteiger partial charge in [-0.15, -0.1) is 0 Å². The van der Waals surface area contributed by atoms with Gasteiger partial charge in [-0.25, -0.2) is 4.98 Å². The van der Waals surface area contributed by atoms with E-state index in [0.717, 1.165) is 55.0 Å². The van der Waals surface area contributed by atoms with Gasteiger partial charge in [-0.05, 0) is 55.2 Å². The van der Waals surface area contributed by atoms with Crippen molar-refractivity contribution >= 4 is 34.5 Å². The molecular weight excluding hydrogens is 471 g/mol. The zero-order chi connectivity index (χ0) is 26.0. The monoisotopic (exact) mass is 501 g/mol. The molecule has 0 spiro atoms. The number of rotatable bonds is 6. The Bertz CT molecular complexity index is 1240. The van der Waals surface area contributed by atoms with Gasteiger partial charge in [-0.1, -0.05) is 12.1 Å². The van der Waals surface area contributed by atoms with E-state index < -0.39 is 11.7 Å². The molecule has 0 bridgehead atoms. The molecule has 0 radical (unpaired) electrons. The fraction of sp³-hybridized carbons (Fsp3) is 0.423. The van der Waals surface area contributed by atoms with E-state index in [1.54, 1.807) is 13.0 Å². The normalized spacial score (nSPS) is 14.8. The Labute approximate surface area is 207 Å². The fourth-order valence-electron chi connectivity index (χ4n) is 4.64. The van der Waals surface area contributed by atoms with Gasteiger partial charge in [0.05, 0.1) is 16.6 Å². The van der Waals surface area contributed by atoms with Gasteiger partial charge in [0, 0.05) is 52.3 Å². The molecule has 1 N–H and O–H groups in total. The lowest BCUT2D eigenvalue weighted by atomic mass is 10.0. The molecular formula is C26H30F3N5O2. The first kappa shape index (κ1) is 25.5. The SMILES string of the molecule is CC(=O)N1CCC(N(C)c2nc3ccc(NC(=O)CCc4ccc(C(F)(F)F)cc4)cc3n2C)CC1. The maximum Gasteiger partial charge on any atom is 0.416 e. The number of anilines is 2. The highest BCUT2D eigenvalue weighted by Gasteiger charge is 2.30. The van der Waals surface area contributed by atoms with Gasteiger partial charge in [-0.2, -0.15) is 13.2 Å². The van der Waals surface area contributed by atoms with Gasteiger partial charge >= 0.3 is 6.18 Å². The van der Waals surface area contributed by atoms with Crippen molar-refractivity contribution in [2.45, 2.75) is 44.8 Å². The molecule has 0 unspecified atom stereocenters. The van der Waals surface area contributed by atoms with Crippen molar-refractivity contribution in [3.63, 3.8) is 0 Å². The summed E-state index contributed by atoms with van der Waals surface area (Å²) in [4.78, 5) is 32.9. The third-order valence-electron chi connectivity index (χ3n) is 6.84. The van der Waals surface area contributed by atoms with Crippen LogP contribution in [-0.2, 0) is 29.2 Å². The second-order valence-corrected chi connectivity index (χ2v) is 9.27. The number of nitrogens with one attached hydrogen (secondary N) is 1. The lowest BCUT2D eigenvalue weighted by molar-refractivity contribution is -0.137. The number of piperidine rings is 1. The first-order valence-electron chi connectivity index (χ1n) is 11.9. The largest absolute Gasteiger partial charge is 0.416 e. The van der Waals surface area contributed by atoms with Crippen molar-refractivity contribution in [1.29, 1.82) is 0 Å². The molecule has 1 aromatic heterocycles. The Morgan fingerprint density at radius 3 is 2.39 bits per heavy atom. The molecule has 3 aromatic rings. The van der Waals surface area contributed by atoms with Crippen LogP contribution in [-0.4, -0.2) is 52.4 Å². The number of amides is 2. The molecule has 4 rings (SSSR count). The summed E-state index contributed by atoms with van der Waals surface area (Å²) in [6.45, 7) is 3.06. The van der Waals surface area contributed by atoms with Crippen molar-refractivity contribution in [2.24, 2.45) is 7.05 Å². The summed E-state index contributed by atoms with van der Waals surface area (Å²) in [5, 5.41) is 2.87. The van der Waals surface area contributed by atoms with Crippen LogP contribution in [0.4, 0.5) is 24.8 Å². The summed E-state index contributed by atoms with van der Waals surface area (Å²) in [6.07, 6.45) is -2.13. The smallest absolute Gasteiger partial charge is 0.343 e. The van der Waals surface area contributed by atoms with Gasteiger partial charge in [0.2, 0.25) is 17.8 Å². The first-order valence-corrected chi connectivity index (χ1v) is 11.9. The van der Waals surface area contributed by atoms with Gasteiger partial charge in [0.15, 0.2) is 0 Å².